The van der Waals surface area contributed by atoms with Crippen molar-refractivity contribution in [2.24, 2.45) is 0 Å². The molecule has 0 radical (unpaired) electrons. The summed E-state index contributed by atoms with van der Waals surface area (Å²) in [5.74, 6) is -1.88. The van der Waals surface area contributed by atoms with Crippen molar-refractivity contribution in [1.82, 2.24) is 19.9 Å². The van der Waals surface area contributed by atoms with Crippen LogP contribution in [0.2, 0.25) is 5.02 Å². The fourth-order valence-electron chi connectivity index (χ4n) is 3.31. The number of hydrogen-bond acceptors (Lipinski definition) is 7. The molecule has 7 nitrogen and oxygen atoms in total. The summed E-state index contributed by atoms with van der Waals surface area (Å²) >= 11 is 6.29. The largest absolute Gasteiger partial charge is 0.368 e. The van der Waals surface area contributed by atoms with E-state index in [0.29, 0.717) is 22.3 Å². The topological polar surface area (TPSA) is 92.8 Å². The summed E-state index contributed by atoms with van der Waals surface area (Å²) in [5, 5.41) is 4.43. The summed E-state index contributed by atoms with van der Waals surface area (Å²) < 4.78 is 27.7. The normalized spacial score (nSPS) is 17.1. The Morgan fingerprint density at radius 1 is 1.29 bits per heavy atom. The smallest absolute Gasteiger partial charge is 0.266 e. The van der Waals surface area contributed by atoms with Gasteiger partial charge >= 0.3 is 0 Å². The monoisotopic (exact) mass is 405 g/mol. The van der Waals surface area contributed by atoms with E-state index in [2.05, 4.69) is 25.3 Å². The summed E-state index contributed by atoms with van der Waals surface area (Å²) in [5.41, 5.74) is 6.92. The number of para-hydroxylation sites is 1. The highest BCUT2D eigenvalue weighted by Crippen LogP contribution is 2.37. The first kappa shape index (κ1) is 18.5. The predicted molar refractivity (Wildman–Crippen MR) is 105 cm³/mol. The van der Waals surface area contributed by atoms with Crippen molar-refractivity contribution in [2.45, 2.75) is 25.3 Å². The summed E-state index contributed by atoms with van der Waals surface area (Å²) in [7, 11) is 0. The van der Waals surface area contributed by atoms with Gasteiger partial charge in [-0.2, -0.15) is 4.98 Å². The van der Waals surface area contributed by atoms with Crippen LogP contribution >= 0.6 is 11.6 Å². The van der Waals surface area contributed by atoms with Gasteiger partial charge in [-0.1, -0.05) is 23.7 Å². The predicted octanol–water partition coefficient (Wildman–Crippen LogP) is 3.67. The summed E-state index contributed by atoms with van der Waals surface area (Å²) in [6.07, 6.45) is 1.10. The number of anilines is 3. The van der Waals surface area contributed by atoms with Crippen LogP contribution in [0.3, 0.4) is 0 Å². The molecule has 0 amide bonds. The van der Waals surface area contributed by atoms with Gasteiger partial charge in [0.1, 0.15) is 12.1 Å². The van der Waals surface area contributed by atoms with E-state index in [9.17, 15) is 8.78 Å². The van der Waals surface area contributed by atoms with Gasteiger partial charge in [-0.15, -0.1) is 0 Å². The van der Waals surface area contributed by atoms with E-state index >= 15 is 0 Å². The molecule has 1 unspecified atom stereocenters. The van der Waals surface area contributed by atoms with Crippen LogP contribution in [0.4, 0.5) is 26.5 Å². The molecule has 1 fully saturated rings. The van der Waals surface area contributed by atoms with Crippen LogP contribution in [0.5, 0.6) is 0 Å². The van der Waals surface area contributed by atoms with Crippen molar-refractivity contribution in [3.8, 4) is 0 Å². The number of benzene rings is 1. The van der Waals surface area contributed by atoms with Crippen molar-refractivity contribution >= 4 is 40.2 Å². The van der Waals surface area contributed by atoms with Crippen molar-refractivity contribution in [2.75, 3.05) is 29.0 Å². The van der Waals surface area contributed by atoms with Crippen LogP contribution in [0.1, 0.15) is 24.9 Å². The number of pyridine rings is 1. The first-order valence-electron chi connectivity index (χ1n) is 8.75. The molecule has 1 saturated heterocycles. The Labute approximate surface area is 165 Å². The Morgan fingerprint density at radius 3 is 2.82 bits per heavy atom. The lowest BCUT2D eigenvalue weighted by Gasteiger charge is -2.25. The standard InChI is InChI=1S/C18H18ClF2N7/c1-10(25-17-24-9-23-16(22)27-17)12-7-11-3-2-4-13(19)14(11)26-15(12)28-6-5-18(20,21)8-28/h2-4,7,9-10H,5-6,8H2,1H3,(H3,22,23,24,25,27). The summed E-state index contributed by atoms with van der Waals surface area (Å²) in [6, 6.07) is 7.02. The fraction of sp³-hybridized carbons (Fsp3) is 0.333. The second-order valence-electron chi connectivity index (χ2n) is 6.77. The van der Waals surface area contributed by atoms with E-state index in [1.807, 2.05) is 25.1 Å². The molecule has 1 aliphatic heterocycles. The molecule has 0 bridgehead atoms. The van der Waals surface area contributed by atoms with Gasteiger partial charge in [0.15, 0.2) is 0 Å². The maximum atomic E-state index is 13.8. The van der Waals surface area contributed by atoms with Gasteiger partial charge in [-0.25, -0.2) is 23.7 Å². The second kappa shape index (κ2) is 6.97. The third-order valence-electron chi connectivity index (χ3n) is 4.68. The van der Waals surface area contributed by atoms with Gasteiger partial charge in [0.2, 0.25) is 11.9 Å². The Bertz CT molecular complexity index is 1030. The highest BCUT2D eigenvalue weighted by atomic mass is 35.5. The molecule has 3 N–H and O–H groups in total. The molecule has 1 aromatic carbocycles. The molecule has 146 valence electrons. The molecular weight excluding hydrogens is 388 g/mol. The van der Waals surface area contributed by atoms with E-state index < -0.39 is 5.92 Å². The Kier molecular flexibility index (Phi) is 4.62. The van der Waals surface area contributed by atoms with E-state index in [1.54, 1.807) is 11.0 Å². The van der Waals surface area contributed by atoms with Crippen molar-refractivity contribution < 1.29 is 8.78 Å². The molecule has 4 rings (SSSR count). The average molecular weight is 406 g/mol. The van der Waals surface area contributed by atoms with E-state index in [-0.39, 0.29) is 31.5 Å². The lowest BCUT2D eigenvalue weighted by atomic mass is 10.1. The first-order valence-corrected chi connectivity index (χ1v) is 9.13. The third kappa shape index (κ3) is 3.62. The number of hydrogen-bond donors (Lipinski definition) is 2. The number of nitrogens with two attached hydrogens (primary N) is 1. The van der Waals surface area contributed by atoms with Crippen molar-refractivity contribution in [3.05, 3.63) is 41.2 Å². The molecule has 0 saturated carbocycles. The summed E-state index contributed by atoms with van der Waals surface area (Å²) in [6.45, 7) is 1.72. The van der Waals surface area contributed by atoms with E-state index in [1.165, 1.54) is 6.33 Å². The maximum Gasteiger partial charge on any atom is 0.266 e. The van der Waals surface area contributed by atoms with Gasteiger partial charge in [-0.3, -0.25) is 0 Å². The van der Waals surface area contributed by atoms with Crippen LogP contribution < -0.4 is 16.0 Å². The fourth-order valence-corrected chi connectivity index (χ4v) is 3.53. The number of fused-ring (bicyclic) bond motifs is 1. The Hall–Kier alpha value is -2.81. The van der Waals surface area contributed by atoms with Crippen LogP contribution in [-0.2, 0) is 0 Å². The Balaban J connectivity index is 1.77. The molecule has 0 spiro atoms. The number of halogens is 3. The van der Waals surface area contributed by atoms with Crippen LogP contribution in [-0.4, -0.2) is 38.9 Å². The van der Waals surface area contributed by atoms with Gasteiger partial charge in [0, 0.05) is 23.9 Å². The molecule has 0 aliphatic carbocycles. The lowest BCUT2D eigenvalue weighted by molar-refractivity contribution is 0.0256. The molecule has 1 aliphatic rings. The average Bonchev–Trinajstić information content (AvgIpc) is 3.01. The van der Waals surface area contributed by atoms with Gasteiger partial charge in [-0.05, 0) is 19.1 Å². The summed E-state index contributed by atoms with van der Waals surface area (Å²) in [4.78, 5) is 18.1. The number of alkyl halides is 2. The second-order valence-corrected chi connectivity index (χ2v) is 7.18. The van der Waals surface area contributed by atoms with E-state index in [0.717, 1.165) is 10.9 Å². The highest BCUT2D eigenvalue weighted by Gasteiger charge is 2.39. The Morgan fingerprint density at radius 2 is 2.11 bits per heavy atom. The van der Waals surface area contributed by atoms with E-state index in [4.69, 9.17) is 17.3 Å². The zero-order chi connectivity index (χ0) is 19.9. The molecular formula is C18H18ClF2N7. The van der Waals surface area contributed by atoms with Crippen LogP contribution in [0, 0.1) is 0 Å². The SMILES string of the molecule is CC(Nc1ncnc(N)n1)c1cc2cccc(Cl)c2nc1N1CCC(F)(F)C1. The quantitative estimate of drug-likeness (QED) is 0.684. The molecule has 10 heteroatoms. The number of nitrogens with zero attached hydrogens (tertiary/aromatic N) is 5. The van der Waals surface area contributed by atoms with Crippen LogP contribution in [0.25, 0.3) is 10.9 Å². The third-order valence-corrected chi connectivity index (χ3v) is 4.98. The van der Waals surface area contributed by atoms with Crippen molar-refractivity contribution in [1.29, 1.82) is 0 Å². The minimum absolute atomic E-state index is 0.0903. The van der Waals surface area contributed by atoms with Crippen LogP contribution in [0.15, 0.2) is 30.6 Å². The molecule has 2 aromatic heterocycles. The van der Waals surface area contributed by atoms with Gasteiger partial charge < -0.3 is 16.0 Å². The lowest BCUT2D eigenvalue weighted by Crippen LogP contribution is -2.27. The number of nitrogen functional groups attached to an aromatic ring is 1. The minimum atomic E-state index is -2.74. The molecule has 28 heavy (non-hydrogen) atoms. The van der Waals surface area contributed by atoms with Crippen molar-refractivity contribution in [3.63, 3.8) is 0 Å². The molecule has 3 aromatic rings. The molecule has 1 atom stereocenters. The highest BCUT2D eigenvalue weighted by molar-refractivity contribution is 6.35. The zero-order valence-corrected chi connectivity index (χ0v) is 15.8. The first-order chi connectivity index (χ1) is 13.3. The molecule has 3 heterocycles. The number of nitrogens with one attached hydrogen (secondary N) is 1. The minimum Gasteiger partial charge on any atom is -0.368 e. The maximum absolute atomic E-state index is 13.8. The van der Waals surface area contributed by atoms with Gasteiger partial charge in [0.05, 0.1) is 23.1 Å². The number of rotatable bonds is 4. The number of aromatic nitrogens is 4. The van der Waals surface area contributed by atoms with Gasteiger partial charge in [0.25, 0.3) is 5.92 Å². The zero-order valence-electron chi connectivity index (χ0n) is 15.0.